The second kappa shape index (κ2) is 7.44. The van der Waals surface area contributed by atoms with E-state index in [0.29, 0.717) is 22.8 Å². The number of nitrogens with one attached hydrogen (secondary N) is 1. The van der Waals surface area contributed by atoms with E-state index in [2.05, 4.69) is 5.32 Å². The largest absolute Gasteiger partial charge is 0.457 e. The summed E-state index contributed by atoms with van der Waals surface area (Å²) in [5.41, 5.74) is 2.10. The molecule has 0 radical (unpaired) electrons. The molecule has 2 amide bonds. The number of halogens is 1. The Morgan fingerprint density at radius 2 is 1.83 bits per heavy atom. The molecular weight excluding hydrogens is 391 g/mol. The van der Waals surface area contributed by atoms with Crippen LogP contribution in [0.3, 0.4) is 0 Å². The van der Waals surface area contributed by atoms with E-state index in [-0.39, 0.29) is 16.5 Å². The average Bonchev–Trinajstić information content (AvgIpc) is 3.14. The van der Waals surface area contributed by atoms with Crippen molar-refractivity contribution in [1.29, 1.82) is 0 Å². The Labute approximate surface area is 171 Å². The first-order chi connectivity index (χ1) is 13.9. The Balaban J connectivity index is 1.67. The lowest BCUT2D eigenvalue weighted by Crippen LogP contribution is -2.54. The van der Waals surface area contributed by atoms with E-state index in [1.54, 1.807) is 36.4 Å². The van der Waals surface area contributed by atoms with Gasteiger partial charge in [-0.05, 0) is 79.3 Å². The first kappa shape index (κ1) is 18.8. The molecular formula is C22H15FN2O3S. The third-order valence-corrected chi connectivity index (χ3v) is 4.69. The number of amides is 2. The standard InChI is InChI=1S/C22H15FN2O3S/c1-13-3-2-4-16(11-13)25-21(27)18(20(26)24-22(25)29)12-17-9-10-19(28-17)14-5-7-15(23)8-6-14/h2-12H,1H3,(H,24,26,29)/b18-12+. The Hall–Kier alpha value is -3.58. The number of aryl methyl sites for hydroxylation is 1. The highest BCUT2D eigenvalue weighted by Crippen LogP contribution is 2.26. The summed E-state index contributed by atoms with van der Waals surface area (Å²) in [4.78, 5) is 26.7. The molecule has 4 rings (SSSR count). The number of thiocarbonyl (C=S) groups is 1. The summed E-state index contributed by atoms with van der Waals surface area (Å²) in [5.74, 6) is -0.668. The normalized spacial score (nSPS) is 15.7. The summed E-state index contributed by atoms with van der Waals surface area (Å²) in [6.45, 7) is 1.90. The van der Waals surface area contributed by atoms with Crippen molar-refractivity contribution in [2.75, 3.05) is 4.90 Å². The van der Waals surface area contributed by atoms with Gasteiger partial charge in [-0.15, -0.1) is 0 Å². The van der Waals surface area contributed by atoms with Crippen LogP contribution in [-0.4, -0.2) is 16.9 Å². The molecule has 3 aromatic rings. The van der Waals surface area contributed by atoms with Crippen molar-refractivity contribution >= 4 is 40.9 Å². The van der Waals surface area contributed by atoms with E-state index in [1.165, 1.54) is 23.1 Å². The zero-order chi connectivity index (χ0) is 20.5. The molecule has 1 fully saturated rings. The molecule has 29 heavy (non-hydrogen) atoms. The third-order valence-electron chi connectivity index (χ3n) is 4.40. The Morgan fingerprint density at radius 1 is 1.07 bits per heavy atom. The highest BCUT2D eigenvalue weighted by molar-refractivity contribution is 7.80. The highest BCUT2D eigenvalue weighted by Gasteiger charge is 2.34. The van der Waals surface area contributed by atoms with Crippen LogP contribution in [0.2, 0.25) is 0 Å². The van der Waals surface area contributed by atoms with Crippen LogP contribution >= 0.6 is 12.2 Å². The van der Waals surface area contributed by atoms with Crippen LogP contribution in [0.15, 0.2) is 70.7 Å². The van der Waals surface area contributed by atoms with Gasteiger partial charge >= 0.3 is 0 Å². The van der Waals surface area contributed by atoms with Gasteiger partial charge in [0.15, 0.2) is 5.11 Å². The summed E-state index contributed by atoms with van der Waals surface area (Å²) in [7, 11) is 0. The van der Waals surface area contributed by atoms with Crippen molar-refractivity contribution in [3.63, 3.8) is 0 Å². The number of hydrogen-bond acceptors (Lipinski definition) is 4. The zero-order valence-corrected chi connectivity index (χ0v) is 16.1. The van der Waals surface area contributed by atoms with Crippen LogP contribution < -0.4 is 10.2 Å². The van der Waals surface area contributed by atoms with Gasteiger partial charge in [0.2, 0.25) is 0 Å². The predicted octanol–water partition coefficient (Wildman–Crippen LogP) is 4.23. The molecule has 144 valence electrons. The molecule has 1 aliphatic heterocycles. The van der Waals surface area contributed by atoms with Gasteiger partial charge < -0.3 is 4.42 Å². The molecule has 0 atom stereocenters. The molecule has 7 heteroatoms. The first-order valence-electron chi connectivity index (χ1n) is 8.76. The molecule has 1 aliphatic rings. The summed E-state index contributed by atoms with van der Waals surface area (Å²) >= 11 is 5.19. The molecule has 1 N–H and O–H groups in total. The average molecular weight is 406 g/mol. The second-order valence-corrected chi connectivity index (χ2v) is 6.89. The highest BCUT2D eigenvalue weighted by atomic mass is 32.1. The van der Waals surface area contributed by atoms with Crippen LogP contribution in [0.1, 0.15) is 11.3 Å². The van der Waals surface area contributed by atoms with E-state index in [9.17, 15) is 14.0 Å². The van der Waals surface area contributed by atoms with Crippen molar-refractivity contribution in [2.24, 2.45) is 0 Å². The Bertz CT molecular complexity index is 1160. The number of hydrogen-bond donors (Lipinski definition) is 1. The molecule has 2 aromatic carbocycles. The fourth-order valence-electron chi connectivity index (χ4n) is 3.00. The van der Waals surface area contributed by atoms with Gasteiger partial charge in [-0.2, -0.15) is 0 Å². The zero-order valence-electron chi connectivity index (χ0n) is 15.3. The SMILES string of the molecule is Cc1cccc(N2C(=O)/C(=C/c3ccc(-c4ccc(F)cc4)o3)C(=O)NC2=S)c1. The number of carbonyl (C=O) groups excluding carboxylic acids is 2. The molecule has 5 nitrogen and oxygen atoms in total. The van der Waals surface area contributed by atoms with E-state index in [1.807, 2.05) is 19.1 Å². The van der Waals surface area contributed by atoms with Crippen molar-refractivity contribution < 1.29 is 18.4 Å². The minimum atomic E-state index is -0.594. The number of furan rings is 1. The fourth-order valence-corrected chi connectivity index (χ4v) is 3.28. The van der Waals surface area contributed by atoms with Crippen molar-refractivity contribution in [3.05, 3.63) is 83.4 Å². The van der Waals surface area contributed by atoms with Crippen LogP contribution in [0.25, 0.3) is 17.4 Å². The smallest absolute Gasteiger partial charge is 0.270 e. The van der Waals surface area contributed by atoms with Gasteiger partial charge in [0.25, 0.3) is 11.8 Å². The molecule has 0 bridgehead atoms. The minimum Gasteiger partial charge on any atom is -0.457 e. The van der Waals surface area contributed by atoms with Crippen molar-refractivity contribution in [3.8, 4) is 11.3 Å². The van der Waals surface area contributed by atoms with Gasteiger partial charge in [0.05, 0.1) is 5.69 Å². The molecule has 1 aromatic heterocycles. The number of carbonyl (C=O) groups is 2. The predicted molar refractivity (Wildman–Crippen MR) is 111 cm³/mol. The van der Waals surface area contributed by atoms with Crippen LogP contribution in [0.5, 0.6) is 0 Å². The summed E-state index contributed by atoms with van der Waals surface area (Å²) in [6.07, 6.45) is 1.37. The summed E-state index contributed by atoms with van der Waals surface area (Å²) in [5, 5.41) is 2.56. The number of rotatable bonds is 3. The van der Waals surface area contributed by atoms with E-state index in [4.69, 9.17) is 16.6 Å². The summed E-state index contributed by atoms with van der Waals surface area (Å²) < 4.78 is 18.8. The molecule has 0 aliphatic carbocycles. The monoisotopic (exact) mass is 406 g/mol. The lowest BCUT2D eigenvalue weighted by atomic mass is 10.1. The molecule has 0 saturated carbocycles. The minimum absolute atomic E-state index is 0.0224. The van der Waals surface area contributed by atoms with Crippen LogP contribution in [0.4, 0.5) is 10.1 Å². The van der Waals surface area contributed by atoms with E-state index < -0.39 is 11.8 Å². The quantitative estimate of drug-likeness (QED) is 0.402. The topological polar surface area (TPSA) is 62.6 Å². The van der Waals surface area contributed by atoms with Gasteiger partial charge in [-0.25, -0.2) is 4.39 Å². The van der Waals surface area contributed by atoms with Gasteiger partial charge in [-0.1, -0.05) is 12.1 Å². The number of nitrogens with zero attached hydrogens (tertiary/aromatic N) is 1. The van der Waals surface area contributed by atoms with Crippen LogP contribution in [0, 0.1) is 12.7 Å². The lowest BCUT2D eigenvalue weighted by molar-refractivity contribution is -0.122. The fraction of sp³-hybridized carbons (Fsp3) is 0.0455. The Kier molecular flexibility index (Phi) is 4.82. The maximum absolute atomic E-state index is 13.1. The number of anilines is 1. The molecule has 0 unspecified atom stereocenters. The summed E-state index contributed by atoms with van der Waals surface area (Å²) in [6, 6.07) is 16.4. The maximum atomic E-state index is 13.1. The van der Waals surface area contributed by atoms with Crippen molar-refractivity contribution in [2.45, 2.75) is 6.92 Å². The molecule has 2 heterocycles. The third kappa shape index (κ3) is 3.72. The van der Waals surface area contributed by atoms with Gasteiger partial charge in [0, 0.05) is 5.56 Å². The number of benzene rings is 2. The van der Waals surface area contributed by atoms with E-state index >= 15 is 0 Å². The second-order valence-electron chi connectivity index (χ2n) is 6.51. The molecule has 0 spiro atoms. The Morgan fingerprint density at radius 3 is 2.55 bits per heavy atom. The first-order valence-corrected chi connectivity index (χ1v) is 9.17. The van der Waals surface area contributed by atoms with Crippen LogP contribution in [-0.2, 0) is 9.59 Å². The van der Waals surface area contributed by atoms with Gasteiger partial charge in [0.1, 0.15) is 22.9 Å². The van der Waals surface area contributed by atoms with Crippen molar-refractivity contribution in [1.82, 2.24) is 5.32 Å². The van der Waals surface area contributed by atoms with E-state index in [0.717, 1.165) is 5.56 Å². The van der Waals surface area contributed by atoms with Gasteiger partial charge in [-0.3, -0.25) is 19.8 Å². The molecule has 1 saturated heterocycles. The maximum Gasteiger partial charge on any atom is 0.270 e. The lowest BCUT2D eigenvalue weighted by Gasteiger charge is -2.29.